The summed E-state index contributed by atoms with van der Waals surface area (Å²) in [5.74, 6) is 0.580. The minimum Gasteiger partial charge on any atom is -0.497 e. The van der Waals surface area contributed by atoms with Gasteiger partial charge in [-0.2, -0.15) is 0 Å². The number of benzene rings is 3. The molecule has 0 saturated carbocycles. The summed E-state index contributed by atoms with van der Waals surface area (Å²) in [6.45, 7) is 0. The molecule has 0 bridgehead atoms. The van der Waals surface area contributed by atoms with E-state index in [-0.39, 0.29) is 33.5 Å². The van der Waals surface area contributed by atoms with Crippen molar-refractivity contribution in [3.8, 4) is 22.8 Å². The van der Waals surface area contributed by atoms with E-state index < -0.39 is 16.1 Å². The molecule has 0 aliphatic rings. The smallest absolute Gasteiger partial charge is 0.269 e. The third-order valence-corrected chi connectivity index (χ3v) is 5.02. The third kappa shape index (κ3) is 3.69. The molecule has 0 atom stereocenters. The number of fused-ring (bicyclic) bond motifs is 1. The van der Waals surface area contributed by atoms with Crippen LogP contribution < -0.4 is 14.9 Å². The first kappa shape index (κ1) is 20.8. The Hall–Kier alpha value is -4.46. The van der Waals surface area contributed by atoms with Crippen LogP contribution in [0.4, 0.5) is 5.69 Å². The molecule has 0 saturated heterocycles. The molecule has 160 valence electrons. The lowest BCUT2D eigenvalue weighted by Crippen LogP contribution is -2.18. The quantitative estimate of drug-likeness (QED) is 0.249. The van der Waals surface area contributed by atoms with Crippen LogP contribution in [0.2, 0.25) is 0 Å². The molecule has 3 aromatic carbocycles. The molecule has 1 aromatic heterocycles. The Morgan fingerprint density at radius 3 is 2.12 bits per heavy atom. The van der Waals surface area contributed by atoms with Crippen LogP contribution in [-0.4, -0.2) is 24.9 Å². The highest BCUT2D eigenvalue weighted by Crippen LogP contribution is 2.30. The van der Waals surface area contributed by atoms with Gasteiger partial charge in [0.05, 0.1) is 24.5 Å². The lowest BCUT2D eigenvalue weighted by molar-refractivity contribution is -0.384. The number of hydrogen-bond donors (Lipinski definition) is 0. The summed E-state index contributed by atoms with van der Waals surface area (Å²) < 4.78 is 16.4. The van der Waals surface area contributed by atoms with Gasteiger partial charge in [0.2, 0.25) is 11.2 Å². The maximum absolute atomic E-state index is 13.4. The predicted octanol–water partition coefficient (Wildman–Crippen LogP) is 4.62. The Morgan fingerprint density at radius 2 is 1.53 bits per heavy atom. The standard InChI is InChI=1S/C24H17NO7/c1-30-17-9-5-15(6-10-17)24-21(22(26)14-3-7-16(8-4-14)25(28)29)23(27)19-12-11-18(31-2)13-20(19)32-24/h3-13H,1-2H3. The number of nitrogens with zero attached hydrogens (tertiary/aromatic N) is 1. The highest BCUT2D eigenvalue weighted by Gasteiger charge is 2.24. The topological polar surface area (TPSA) is 109 Å². The highest BCUT2D eigenvalue weighted by molar-refractivity contribution is 6.13. The second-order valence-corrected chi connectivity index (χ2v) is 6.86. The van der Waals surface area contributed by atoms with Crippen LogP contribution in [0.25, 0.3) is 22.3 Å². The van der Waals surface area contributed by atoms with Crippen molar-refractivity contribution in [2.75, 3.05) is 14.2 Å². The third-order valence-electron chi connectivity index (χ3n) is 5.02. The Balaban J connectivity index is 1.96. The average Bonchev–Trinajstić information content (AvgIpc) is 2.83. The molecule has 0 N–H and O–H groups in total. The first-order valence-electron chi connectivity index (χ1n) is 9.51. The molecule has 0 amide bonds. The van der Waals surface area contributed by atoms with Gasteiger partial charge in [-0.05, 0) is 48.5 Å². The number of ketones is 1. The van der Waals surface area contributed by atoms with Crippen LogP contribution >= 0.6 is 0 Å². The normalized spacial score (nSPS) is 10.7. The van der Waals surface area contributed by atoms with Crippen molar-refractivity contribution in [1.29, 1.82) is 0 Å². The molecule has 4 aromatic rings. The first-order valence-corrected chi connectivity index (χ1v) is 9.51. The fraction of sp³-hybridized carbons (Fsp3) is 0.0833. The van der Waals surface area contributed by atoms with E-state index in [1.54, 1.807) is 36.4 Å². The van der Waals surface area contributed by atoms with E-state index in [2.05, 4.69) is 0 Å². The number of carbonyl (C=O) groups is 1. The van der Waals surface area contributed by atoms with E-state index in [1.807, 2.05) is 0 Å². The van der Waals surface area contributed by atoms with E-state index in [1.165, 1.54) is 44.6 Å². The van der Waals surface area contributed by atoms with Crippen molar-refractivity contribution < 1.29 is 23.6 Å². The van der Waals surface area contributed by atoms with Crippen molar-refractivity contribution in [3.05, 3.63) is 98.2 Å². The van der Waals surface area contributed by atoms with Gasteiger partial charge in [0.1, 0.15) is 28.4 Å². The Kier molecular flexibility index (Phi) is 5.43. The summed E-state index contributed by atoms with van der Waals surface area (Å²) in [4.78, 5) is 37.1. The maximum Gasteiger partial charge on any atom is 0.269 e. The number of rotatable bonds is 6. The molecule has 1 heterocycles. The lowest BCUT2D eigenvalue weighted by atomic mass is 9.97. The van der Waals surface area contributed by atoms with Gasteiger partial charge in [0, 0.05) is 29.3 Å². The number of nitro benzene ring substituents is 1. The molecule has 0 aliphatic carbocycles. The van der Waals surface area contributed by atoms with Crippen LogP contribution in [0.3, 0.4) is 0 Å². The molecular formula is C24H17NO7. The van der Waals surface area contributed by atoms with E-state index >= 15 is 0 Å². The van der Waals surface area contributed by atoms with Gasteiger partial charge < -0.3 is 13.9 Å². The van der Waals surface area contributed by atoms with Gasteiger partial charge in [-0.25, -0.2) is 0 Å². The summed E-state index contributed by atoms with van der Waals surface area (Å²) >= 11 is 0. The molecular weight excluding hydrogens is 414 g/mol. The zero-order valence-corrected chi connectivity index (χ0v) is 17.2. The van der Waals surface area contributed by atoms with E-state index in [4.69, 9.17) is 13.9 Å². The number of ether oxygens (including phenoxy) is 2. The Bertz CT molecular complexity index is 1390. The van der Waals surface area contributed by atoms with E-state index in [0.29, 0.717) is 17.1 Å². The fourth-order valence-electron chi connectivity index (χ4n) is 3.33. The van der Waals surface area contributed by atoms with Gasteiger partial charge in [-0.15, -0.1) is 0 Å². The number of carbonyl (C=O) groups excluding carboxylic acids is 1. The second kappa shape index (κ2) is 8.35. The molecule has 0 aliphatic heterocycles. The summed E-state index contributed by atoms with van der Waals surface area (Å²) in [6, 6.07) is 16.5. The van der Waals surface area contributed by atoms with Crippen LogP contribution in [0, 0.1) is 10.1 Å². The maximum atomic E-state index is 13.4. The zero-order chi connectivity index (χ0) is 22.8. The first-order chi connectivity index (χ1) is 15.4. The SMILES string of the molecule is COc1ccc(-c2oc3cc(OC)ccc3c(=O)c2C(=O)c2ccc([N+](=O)[O-])cc2)cc1. The molecule has 8 heteroatoms. The van der Waals surface area contributed by atoms with Gasteiger partial charge >= 0.3 is 0 Å². The number of hydrogen-bond acceptors (Lipinski definition) is 7. The van der Waals surface area contributed by atoms with Crippen LogP contribution in [-0.2, 0) is 0 Å². The summed E-state index contributed by atoms with van der Waals surface area (Å²) in [5, 5.41) is 11.1. The predicted molar refractivity (Wildman–Crippen MR) is 118 cm³/mol. The highest BCUT2D eigenvalue weighted by atomic mass is 16.6. The number of nitro groups is 1. The van der Waals surface area contributed by atoms with Gasteiger partial charge in [-0.1, -0.05) is 0 Å². The lowest BCUT2D eigenvalue weighted by Gasteiger charge is -2.11. The van der Waals surface area contributed by atoms with Gasteiger partial charge in [0.15, 0.2) is 0 Å². The van der Waals surface area contributed by atoms with Crippen molar-refractivity contribution >= 4 is 22.4 Å². The summed E-state index contributed by atoms with van der Waals surface area (Å²) in [6.07, 6.45) is 0. The van der Waals surface area contributed by atoms with Crippen molar-refractivity contribution in [1.82, 2.24) is 0 Å². The Morgan fingerprint density at radius 1 is 0.906 bits per heavy atom. The molecule has 0 fully saturated rings. The fourth-order valence-corrected chi connectivity index (χ4v) is 3.33. The van der Waals surface area contributed by atoms with Crippen molar-refractivity contribution in [2.24, 2.45) is 0 Å². The molecule has 8 nitrogen and oxygen atoms in total. The van der Waals surface area contributed by atoms with Gasteiger partial charge in [-0.3, -0.25) is 19.7 Å². The summed E-state index contributed by atoms with van der Waals surface area (Å²) in [5.41, 5.74) is 0.0585. The Labute approximate surface area is 181 Å². The minimum atomic E-state index is -0.600. The minimum absolute atomic E-state index is 0.0850. The zero-order valence-electron chi connectivity index (χ0n) is 17.2. The van der Waals surface area contributed by atoms with Crippen LogP contribution in [0.1, 0.15) is 15.9 Å². The number of non-ortho nitro benzene ring substituents is 1. The monoisotopic (exact) mass is 431 g/mol. The van der Waals surface area contributed by atoms with E-state index in [0.717, 1.165) is 0 Å². The molecule has 32 heavy (non-hydrogen) atoms. The van der Waals surface area contributed by atoms with Crippen molar-refractivity contribution in [2.45, 2.75) is 0 Å². The number of methoxy groups -OCH3 is 2. The summed E-state index contributed by atoms with van der Waals surface area (Å²) in [7, 11) is 3.02. The van der Waals surface area contributed by atoms with Gasteiger partial charge in [0.25, 0.3) is 5.69 Å². The van der Waals surface area contributed by atoms with Crippen molar-refractivity contribution in [3.63, 3.8) is 0 Å². The van der Waals surface area contributed by atoms with Crippen LogP contribution in [0.15, 0.2) is 75.9 Å². The molecule has 0 unspecified atom stereocenters. The molecule has 0 radical (unpaired) electrons. The van der Waals surface area contributed by atoms with Crippen LogP contribution in [0.5, 0.6) is 11.5 Å². The molecule has 0 spiro atoms. The van der Waals surface area contributed by atoms with E-state index in [9.17, 15) is 19.7 Å². The molecule has 4 rings (SSSR count). The second-order valence-electron chi connectivity index (χ2n) is 6.86. The average molecular weight is 431 g/mol. The largest absolute Gasteiger partial charge is 0.497 e.